The van der Waals surface area contributed by atoms with Crippen LogP contribution in [0.15, 0.2) is 0 Å². The molecule has 15 heavy (non-hydrogen) atoms. The predicted octanol–water partition coefficient (Wildman–Crippen LogP) is -0.726. The molecule has 0 aliphatic rings. The molecule has 0 aromatic rings. The number of ketones is 1. The Hall–Kier alpha value is -1.43. The van der Waals surface area contributed by atoms with Gasteiger partial charge in [0.2, 0.25) is 5.91 Å². The lowest BCUT2D eigenvalue weighted by Crippen LogP contribution is -2.38. The van der Waals surface area contributed by atoms with Crippen molar-refractivity contribution < 1.29 is 19.5 Å². The Morgan fingerprint density at radius 1 is 1.33 bits per heavy atom. The van der Waals surface area contributed by atoms with Gasteiger partial charge in [0, 0.05) is 12.8 Å². The Balaban J connectivity index is 3.67. The summed E-state index contributed by atoms with van der Waals surface area (Å²) >= 11 is 0. The van der Waals surface area contributed by atoms with Crippen molar-refractivity contribution in [3.8, 4) is 0 Å². The van der Waals surface area contributed by atoms with Gasteiger partial charge in [-0.3, -0.25) is 14.4 Å². The molecule has 0 spiro atoms. The highest BCUT2D eigenvalue weighted by Crippen LogP contribution is 1.96. The fraction of sp³-hybridized carbons (Fsp3) is 0.667. The molecule has 0 aromatic heterocycles. The number of aliphatic carboxylic acids is 1. The van der Waals surface area contributed by atoms with Crippen LogP contribution in [0.25, 0.3) is 0 Å². The van der Waals surface area contributed by atoms with Crippen LogP contribution in [-0.4, -0.2) is 35.4 Å². The molecule has 0 rings (SSSR count). The molecule has 0 bridgehead atoms. The van der Waals surface area contributed by atoms with E-state index in [0.717, 1.165) is 0 Å². The number of carboxylic acids is 1. The topological polar surface area (TPSA) is 109 Å². The fourth-order valence-electron chi connectivity index (χ4n) is 0.924. The Morgan fingerprint density at radius 2 is 1.93 bits per heavy atom. The number of hydrogen-bond donors (Lipinski definition) is 3. The van der Waals surface area contributed by atoms with Crippen molar-refractivity contribution in [3.05, 3.63) is 0 Å². The van der Waals surface area contributed by atoms with Gasteiger partial charge in [-0.1, -0.05) is 0 Å². The molecule has 0 heterocycles. The number of carbonyl (C=O) groups excluding carboxylic acids is 2. The van der Waals surface area contributed by atoms with E-state index in [4.69, 9.17) is 10.8 Å². The lowest BCUT2D eigenvalue weighted by molar-refractivity contribution is -0.141. The minimum absolute atomic E-state index is 0.0207. The zero-order valence-electron chi connectivity index (χ0n) is 8.66. The Morgan fingerprint density at radius 3 is 2.40 bits per heavy atom. The maximum absolute atomic E-state index is 11.1. The molecule has 0 aliphatic heterocycles. The van der Waals surface area contributed by atoms with Crippen LogP contribution in [0.5, 0.6) is 0 Å². The van der Waals surface area contributed by atoms with Gasteiger partial charge in [0.1, 0.15) is 11.8 Å². The lowest BCUT2D eigenvalue weighted by Gasteiger charge is -2.08. The average Bonchev–Trinajstić information content (AvgIpc) is 2.17. The average molecular weight is 216 g/mol. The summed E-state index contributed by atoms with van der Waals surface area (Å²) < 4.78 is 0. The van der Waals surface area contributed by atoms with E-state index in [9.17, 15) is 14.4 Å². The fourth-order valence-corrected chi connectivity index (χ4v) is 0.924. The summed E-state index contributed by atoms with van der Waals surface area (Å²) in [5.41, 5.74) is 5.08. The van der Waals surface area contributed by atoms with Crippen molar-refractivity contribution in [1.29, 1.82) is 0 Å². The Bertz CT molecular complexity index is 252. The van der Waals surface area contributed by atoms with E-state index in [0.29, 0.717) is 6.42 Å². The third-order valence-electron chi connectivity index (χ3n) is 1.84. The zero-order chi connectivity index (χ0) is 11.8. The molecule has 1 atom stereocenters. The van der Waals surface area contributed by atoms with E-state index in [-0.39, 0.29) is 31.1 Å². The second-order valence-corrected chi connectivity index (χ2v) is 3.22. The smallest absolute Gasteiger partial charge is 0.325 e. The van der Waals surface area contributed by atoms with E-state index in [2.05, 4.69) is 5.32 Å². The van der Waals surface area contributed by atoms with Crippen molar-refractivity contribution in [3.63, 3.8) is 0 Å². The lowest BCUT2D eigenvalue weighted by atomic mass is 10.1. The van der Waals surface area contributed by atoms with Gasteiger partial charge in [-0.2, -0.15) is 0 Å². The summed E-state index contributed by atoms with van der Waals surface area (Å²) in [6.45, 7) is 1.36. The Labute approximate surface area is 87.8 Å². The number of rotatable bonds is 7. The molecule has 0 radical (unpaired) electrons. The third-order valence-corrected chi connectivity index (χ3v) is 1.84. The number of carboxylic acid groups (broad SMARTS) is 1. The van der Waals surface area contributed by atoms with E-state index < -0.39 is 12.0 Å². The molecule has 0 aliphatic carbocycles. The maximum atomic E-state index is 11.1. The van der Waals surface area contributed by atoms with Gasteiger partial charge >= 0.3 is 5.97 Å². The monoisotopic (exact) mass is 216 g/mol. The number of Topliss-reactive ketones (excluding diaryl/α,β-unsaturated/α-hetero) is 1. The second kappa shape index (κ2) is 6.94. The minimum atomic E-state index is -1.08. The van der Waals surface area contributed by atoms with Gasteiger partial charge in [0.25, 0.3) is 0 Å². The van der Waals surface area contributed by atoms with Gasteiger partial charge < -0.3 is 16.2 Å². The Kier molecular flexibility index (Phi) is 6.28. The molecular weight excluding hydrogens is 200 g/mol. The first-order valence-corrected chi connectivity index (χ1v) is 4.71. The molecular formula is C9H16N2O4. The highest BCUT2D eigenvalue weighted by atomic mass is 16.4. The molecule has 0 saturated carbocycles. The van der Waals surface area contributed by atoms with Crippen molar-refractivity contribution in [2.75, 3.05) is 6.54 Å². The first kappa shape index (κ1) is 13.6. The predicted molar refractivity (Wildman–Crippen MR) is 53.2 cm³/mol. The number of nitrogens with two attached hydrogens (primary N) is 1. The van der Waals surface area contributed by atoms with Gasteiger partial charge in [-0.05, 0) is 13.3 Å². The summed E-state index contributed by atoms with van der Waals surface area (Å²) in [4.78, 5) is 32.3. The molecule has 4 N–H and O–H groups in total. The molecule has 6 nitrogen and oxygen atoms in total. The highest BCUT2D eigenvalue weighted by molar-refractivity contribution is 5.84. The minimum Gasteiger partial charge on any atom is -0.480 e. The van der Waals surface area contributed by atoms with Gasteiger partial charge in [-0.25, -0.2) is 0 Å². The van der Waals surface area contributed by atoms with E-state index >= 15 is 0 Å². The third kappa shape index (κ3) is 6.62. The van der Waals surface area contributed by atoms with Crippen LogP contribution in [0, 0.1) is 0 Å². The number of hydrogen-bond acceptors (Lipinski definition) is 4. The quantitative estimate of drug-likeness (QED) is 0.520. The largest absolute Gasteiger partial charge is 0.480 e. The summed E-state index contributed by atoms with van der Waals surface area (Å²) in [7, 11) is 0. The standard InChI is InChI=1S/C9H16N2O4/c1-6(9(14)15)11-8(13)4-2-3-7(12)5-10/h6H,2-5,10H2,1H3,(H,11,13)(H,14,15). The summed E-state index contributed by atoms with van der Waals surface area (Å²) in [5.74, 6) is -1.55. The first-order chi connectivity index (χ1) is 6.97. The van der Waals surface area contributed by atoms with Crippen LogP contribution < -0.4 is 11.1 Å². The second-order valence-electron chi connectivity index (χ2n) is 3.22. The van der Waals surface area contributed by atoms with E-state index in [1.807, 2.05) is 0 Å². The number of amides is 1. The van der Waals surface area contributed by atoms with Crippen LogP contribution in [0.2, 0.25) is 0 Å². The molecule has 0 saturated heterocycles. The van der Waals surface area contributed by atoms with E-state index in [1.54, 1.807) is 0 Å². The molecule has 6 heteroatoms. The molecule has 1 unspecified atom stereocenters. The van der Waals surface area contributed by atoms with E-state index in [1.165, 1.54) is 6.92 Å². The molecule has 0 aromatic carbocycles. The zero-order valence-corrected chi connectivity index (χ0v) is 8.66. The van der Waals surface area contributed by atoms with Crippen molar-refractivity contribution in [1.82, 2.24) is 5.32 Å². The number of nitrogens with one attached hydrogen (secondary N) is 1. The van der Waals surface area contributed by atoms with Gasteiger partial charge in [-0.15, -0.1) is 0 Å². The van der Waals surface area contributed by atoms with Crippen LogP contribution in [0.1, 0.15) is 26.2 Å². The normalized spacial score (nSPS) is 11.9. The van der Waals surface area contributed by atoms with Crippen LogP contribution >= 0.6 is 0 Å². The highest BCUT2D eigenvalue weighted by Gasteiger charge is 2.13. The molecule has 1 amide bonds. The van der Waals surface area contributed by atoms with Crippen LogP contribution in [0.3, 0.4) is 0 Å². The van der Waals surface area contributed by atoms with Gasteiger partial charge in [0.05, 0.1) is 6.54 Å². The summed E-state index contributed by atoms with van der Waals surface area (Å²) in [5, 5.41) is 10.8. The van der Waals surface area contributed by atoms with Crippen LogP contribution in [0.4, 0.5) is 0 Å². The van der Waals surface area contributed by atoms with Gasteiger partial charge in [0.15, 0.2) is 0 Å². The van der Waals surface area contributed by atoms with Crippen LogP contribution in [-0.2, 0) is 14.4 Å². The maximum Gasteiger partial charge on any atom is 0.325 e. The first-order valence-electron chi connectivity index (χ1n) is 4.71. The van der Waals surface area contributed by atoms with Crippen molar-refractivity contribution in [2.45, 2.75) is 32.2 Å². The van der Waals surface area contributed by atoms with Crippen molar-refractivity contribution in [2.24, 2.45) is 5.73 Å². The SMILES string of the molecule is CC(NC(=O)CCCC(=O)CN)C(=O)O. The van der Waals surface area contributed by atoms with Crippen molar-refractivity contribution >= 4 is 17.7 Å². The summed E-state index contributed by atoms with van der Waals surface area (Å²) in [6.07, 6.45) is 0.795. The molecule has 0 fully saturated rings. The summed E-state index contributed by atoms with van der Waals surface area (Å²) in [6, 6.07) is -0.900. The molecule has 86 valence electrons. The number of carbonyl (C=O) groups is 3.